The average molecular weight is 293 g/mol. The van der Waals surface area contributed by atoms with E-state index in [1.807, 2.05) is 0 Å². The standard InChI is InChI=1S/C14H17BrN2/c1-17-9-10(4-5-14(16)6-7-14)12-3-2-11(15)8-13(12)17/h2-3,8-9H,4-7,16H2,1H3. The number of nitrogens with two attached hydrogens (primary N) is 1. The van der Waals surface area contributed by atoms with Crippen molar-refractivity contribution in [1.29, 1.82) is 0 Å². The van der Waals surface area contributed by atoms with Crippen molar-refractivity contribution in [3.8, 4) is 0 Å². The monoisotopic (exact) mass is 292 g/mol. The molecule has 1 saturated carbocycles. The molecule has 3 heteroatoms. The van der Waals surface area contributed by atoms with Gasteiger partial charge in [0, 0.05) is 34.2 Å². The summed E-state index contributed by atoms with van der Waals surface area (Å²) < 4.78 is 3.33. The third kappa shape index (κ3) is 2.14. The van der Waals surface area contributed by atoms with E-state index in [1.165, 1.54) is 29.3 Å². The first kappa shape index (κ1) is 11.3. The van der Waals surface area contributed by atoms with Gasteiger partial charge in [0.05, 0.1) is 0 Å². The fourth-order valence-electron chi connectivity index (χ4n) is 2.43. The number of fused-ring (bicyclic) bond motifs is 1. The predicted molar refractivity (Wildman–Crippen MR) is 75.1 cm³/mol. The molecule has 0 aliphatic heterocycles. The molecule has 1 aromatic heterocycles. The maximum atomic E-state index is 6.16. The van der Waals surface area contributed by atoms with E-state index in [1.54, 1.807) is 0 Å². The number of nitrogens with zero attached hydrogens (tertiary/aromatic N) is 1. The Morgan fingerprint density at radius 1 is 1.41 bits per heavy atom. The summed E-state index contributed by atoms with van der Waals surface area (Å²) in [6.45, 7) is 0. The molecule has 0 atom stereocenters. The Morgan fingerprint density at radius 3 is 2.88 bits per heavy atom. The first-order valence-corrected chi connectivity index (χ1v) is 6.89. The van der Waals surface area contributed by atoms with Crippen LogP contribution >= 0.6 is 15.9 Å². The van der Waals surface area contributed by atoms with E-state index in [2.05, 4.69) is 51.9 Å². The van der Waals surface area contributed by atoms with Gasteiger partial charge in [-0.1, -0.05) is 22.0 Å². The van der Waals surface area contributed by atoms with Crippen molar-refractivity contribution in [2.24, 2.45) is 12.8 Å². The smallest absolute Gasteiger partial charge is 0.0491 e. The van der Waals surface area contributed by atoms with E-state index >= 15 is 0 Å². The van der Waals surface area contributed by atoms with Crippen molar-refractivity contribution in [2.75, 3.05) is 0 Å². The van der Waals surface area contributed by atoms with Gasteiger partial charge in [0.1, 0.15) is 0 Å². The van der Waals surface area contributed by atoms with Gasteiger partial charge < -0.3 is 10.3 Å². The fraction of sp³-hybridized carbons (Fsp3) is 0.429. The van der Waals surface area contributed by atoms with Crippen molar-refractivity contribution < 1.29 is 0 Å². The highest BCUT2D eigenvalue weighted by molar-refractivity contribution is 9.10. The number of aromatic nitrogens is 1. The molecule has 1 aliphatic rings. The lowest BCUT2D eigenvalue weighted by molar-refractivity contribution is 0.610. The third-order valence-electron chi connectivity index (χ3n) is 3.82. The third-order valence-corrected chi connectivity index (χ3v) is 4.31. The summed E-state index contributed by atoms with van der Waals surface area (Å²) in [5, 5.41) is 1.36. The van der Waals surface area contributed by atoms with Crippen LogP contribution < -0.4 is 5.73 Å². The van der Waals surface area contributed by atoms with Crippen LogP contribution in [0.5, 0.6) is 0 Å². The molecule has 2 N–H and O–H groups in total. The lowest BCUT2D eigenvalue weighted by Gasteiger charge is -2.06. The van der Waals surface area contributed by atoms with Gasteiger partial charge in [-0.2, -0.15) is 0 Å². The number of halogens is 1. The Hall–Kier alpha value is -0.800. The van der Waals surface area contributed by atoms with Crippen LogP contribution in [0.4, 0.5) is 0 Å². The zero-order chi connectivity index (χ0) is 12.0. The first-order valence-electron chi connectivity index (χ1n) is 6.10. The summed E-state index contributed by atoms with van der Waals surface area (Å²) in [5.74, 6) is 0. The summed E-state index contributed by atoms with van der Waals surface area (Å²) in [4.78, 5) is 0. The van der Waals surface area contributed by atoms with E-state index in [0.29, 0.717) is 0 Å². The minimum Gasteiger partial charge on any atom is -0.350 e. The molecule has 17 heavy (non-hydrogen) atoms. The molecule has 1 heterocycles. The highest BCUT2D eigenvalue weighted by Crippen LogP contribution is 2.37. The average Bonchev–Trinajstić information content (AvgIpc) is 2.95. The van der Waals surface area contributed by atoms with E-state index in [9.17, 15) is 0 Å². The molecule has 1 aromatic carbocycles. The highest BCUT2D eigenvalue weighted by Gasteiger charge is 2.37. The maximum Gasteiger partial charge on any atom is 0.0491 e. The van der Waals surface area contributed by atoms with Gasteiger partial charge in [-0.3, -0.25) is 0 Å². The van der Waals surface area contributed by atoms with Gasteiger partial charge in [-0.25, -0.2) is 0 Å². The van der Waals surface area contributed by atoms with Crippen LogP contribution in [0.15, 0.2) is 28.9 Å². The molecular weight excluding hydrogens is 276 g/mol. The largest absolute Gasteiger partial charge is 0.350 e. The number of rotatable bonds is 3. The van der Waals surface area contributed by atoms with Crippen LogP contribution in [-0.2, 0) is 13.5 Å². The molecule has 0 unspecified atom stereocenters. The topological polar surface area (TPSA) is 30.9 Å². The van der Waals surface area contributed by atoms with E-state index in [4.69, 9.17) is 5.73 Å². The van der Waals surface area contributed by atoms with Gasteiger partial charge >= 0.3 is 0 Å². The van der Waals surface area contributed by atoms with Crippen molar-refractivity contribution >= 4 is 26.8 Å². The van der Waals surface area contributed by atoms with Crippen LogP contribution in [-0.4, -0.2) is 10.1 Å². The minimum absolute atomic E-state index is 0.150. The quantitative estimate of drug-likeness (QED) is 0.924. The molecule has 0 radical (unpaired) electrons. The number of hydrogen-bond donors (Lipinski definition) is 1. The molecule has 2 nitrogen and oxygen atoms in total. The molecule has 1 fully saturated rings. The molecular formula is C14H17BrN2. The predicted octanol–water partition coefficient (Wildman–Crippen LogP) is 3.36. The molecule has 90 valence electrons. The molecule has 1 aliphatic carbocycles. The van der Waals surface area contributed by atoms with E-state index < -0.39 is 0 Å². The van der Waals surface area contributed by atoms with Crippen molar-refractivity contribution in [3.05, 3.63) is 34.4 Å². The van der Waals surface area contributed by atoms with Crippen molar-refractivity contribution in [1.82, 2.24) is 4.57 Å². The van der Waals surface area contributed by atoms with Crippen molar-refractivity contribution in [2.45, 2.75) is 31.2 Å². The lowest BCUT2D eigenvalue weighted by atomic mass is 10.0. The van der Waals surface area contributed by atoms with Gasteiger partial charge in [0.2, 0.25) is 0 Å². The summed E-state index contributed by atoms with van der Waals surface area (Å²) in [5.41, 5.74) is 9.02. The number of benzene rings is 1. The summed E-state index contributed by atoms with van der Waals surface area (Å²) in [7, 11) is 2.10. The molecule has 3 rings (SSSR count). The first-order chi connectivity index (χ1) is 8.07. The fourth-order valence-corrected chi connectivity index (χ4v) is 2.78. The maximum absolute atomic E-state index is 6.16. The second kappa shape index (κ2) is 3.85. The Kier molecular flexibility index (Phi) is 2.56. The highest BCUT2D eigenvalue weighted by atomic mass is 79.9. The van der Waals surface area contributed by atoms with Gasteiger partial charge in [0.15, 0.2) is 0 Å². The summed E-state index contributed by atoms with van der Waals surface area (Å²) in [6.07, 6.45) is 6.84. The zero-order valence-electron chi connectivity index (χ0n) is 10.0. The van der Waals surface area contributed by atoms with Crippen molar-refractivity contribution in [3.63, 3.8) is 0 Å². The summed E-state index contributed by atoms with van der Waals surface area (Å²) in [6, 6.07) is 6.49. The summed E-state index contributed by atoms with van der Waals surface area (Å²) >= 11 is 3.52. The van der Waals surface area contributed by atoms with Gasteiger partial charge in [-0.05, 0) is 43.4 Å². The molecule has 0 spiro atoms. The van der Waals surface area contributed by atoms with E-state index in [0.717, 1.165) is 17.3 Å². The SMILES string of the molecule is Cn1cc(CCC2(N)CC2)c2ccc(Br)cc21. The van der Waals surface area contributed by atoms with Gasteiger partial charge in [0.25, 0.3) is 0 Å². The number of hydrogen-bond acceptors (Lipinski definition) is 1. The Balaban J connectivity index is 1.93. The second-order valence-electron chi connectivity index (χ2n) is 5.29. The van der Waals surface area contributed by atoms with Gasteiger partial charge in [-0.15, -0.1) is 0 Å². The van der Waals surface area contributed by atoms with Crippen LogP contribution in [0.2, 0.25) is 0 Å². The molecule has 2 aromatic rings. The van der Waals surface area contributed by atoms with Crippen LogP contribution in [0, 0.1) is 0 Å². The molecule has 0 amide bonds. The Labute approximate surface area is 110 Å². The van der Waals surface area contributed by atoms with E-state index in [-0.39, 0.29) is 5.54 Å². The molecule has 0 saturated heterocycles. The minimum atomic E-state index is 0.150. The normalized spacial score (nSPS) is 17.6. The Bertz CT molecular complexity index is 567. The molecule has 0 bridgehead atoms. The lowest BCUT2D eigenvalue weighted by Crippen LogP contribution is -2.21. The second-order valence-corrected chi connectivity index (χ2v) is 6.20. The van der Waals surface area contributed by atoms with Crippen LogP contribution in [0.1, 0.15) is 24.8 Å². The van der Waals surface area contributed by atoms with Crippen LogP contribution in [0.3, 0.4) is 0 Å². The Morgan fingerprint density at radius 2 is 2.18 bits per heavy atom. The van der Waals surface area contributed by atoms with Crippen LogP contribution in [0.25, 0.3) is 10.9 Å². The number of aryl methyl sites for hydroxylation is 2. The zero-order valence-corrected chi connectivity index (χ0v) is 11.6.